The fourth-order valence-corrected chi connectivity index (χ4v) is 3.81. The van der Waals surface area contributed by atoms with Gasteiger partial charge in [0.25, 0.3) is 5.91 Å². The molecule has 1 fully saturated rings. The Morgan fingerprint density at radius 3 is 2.70 bits per heavy atom. The highest BCUT2D eigenvalue weighted by molar-refractivity contribution is 7.14. The molecular weight excluding hydrogens is 272 g/mol. The molecule has 4 nitrogen and oxygen atoms in total. The first kappa shape index (κ1) is 15.0. The van der Waals surface area contributed by atoms with E-state index in [1.54, 1.807) is 11.3 Å². The topological polar surface area (TPSA) is 63.4 Å². The number of piperidine rings is 1. The number of amides is 2. The quantitative estimate of drug-likeness (QED) is 0.930. The largest absolute Gasteiger partial charge is 0.369 e. The van der Waals surface area contributed by atoms with E-state index in [4.69, 9.17) is 5.73 Å². The summed E-state index contributed by atoms with van der Waals surface area (Å²) in [6, 6.07) is 2.16. The Bertz CT molecular complexity index is 524. The van der Waals surface area contributed by atoms with Crippen LogP contribution in [-0.4, -0.2) is 29.3 Å². The van der Waals surface area contributed by atoms with Crippen molar-refractivity contribution in [2.45, 2.75) is 46.1 Å². The fraction of sp³-hybridized carbons (Fsp3) is 0.600. The minimum Gasteiger partial charge on any atom is -0.369 e. The van der Waals surface area contributed by atoms with Gasteiger partial charge in [-0.3, -0.25) is 9.59 Å². The number of aryl methyl sites for hydroxylation is 2. The number of likely N-dealkylation sites (tertiary alicyclic amines) is 1. The third-order valence-corrected chi connectivity index (χ3v) is 5.24. The van der Waals surface area contributed by atoms with Gasteiger partial charge in [-0.25, -0.2) is 0 Å². The maximum atomic E-state index is 12.6. The summed E-state index contributed by atoms with van der Waals surface area (Å²) in [6.07, 6.45) is 2.56. The zero-order valence-corrected chi connectivity index (χ0v) is 13.1. The van der Waals surface area contributed by atoms with Gasteiger partial charge in [0.15, 0.2) is 0 Å². The summed E-state index contributed by atoms with van der Waals surface area (Å²) in [5, 5.41) is 0. The highest BCUT2D eigenvalue weighted by Gasteiger charge is 2.32. The predicted molar refractivity (Wildman–Crippen MR) is 80.9 cm³/mol. The van der Waals surface area contributed by atoms with Gasteiger partial charge < -0.3 is 10.6 Å². The van der Waals surface area contributed by atoms with Crippen molar-refractivity contribution >= 4 is 23.2 Å². The Morgan fingerprint density at radius 1 is 1.45 bits per heavy atom. The molecule has 1 aliphatic rings. The molecule has 110 valence electrons. The molecule has 2 atom stereocenters. The summed E-state index contributed by atoms with van der Waals surface area (Å²) in [5.74, 6) is -0.468. The molecule has 2 amide bonds. The molecule has 0 bridgehead atoms. The van der Waals surface area contributed by atoms with E-state index in [1.165, 1.54) is 10.4 Å². The van der Waals surface area contributed by atoms with Crippen molar-refractivity contribution in [3.8, 4) is 0 Å². The van der Waals surface area contributed by atoms with E-state index in [0.29, 0.717) is 6.54 Å². The Hall–Kier alpha value is -1.36. The SMILES string of the molecule is CCc1cc(C(=O)N2C[C@H](C(N)=O)CC[C@@H]2C)sc1C. The third kappa shape index (κ3) is 2.87. The molecule has 0 aromatic carbocycles. The van der Waals surface area contributed by atoms with Crippen molar-refractivity contribution in [2.75, 3.05) is 6.54 Å². The number of rotatable bonds is 3. The average molecular weight is 294 g/mol. The zero-order valence-electron chi connectivity index (χ0n) is 12.3. The lowest BCUT2D eigenvalue weighted by atomic mass is 9.93. The molecule has 5 heteroatoms. The highest BCUT2D eigenvalue weighted by atomic mass is 32.1. The first-order chi connectivity index (χ1) is 9.43. The lowest BCUT2D eigenvalue weighted by Crippen LogP contribution is -2.48. The molecule has 0 radical (unpaired) electrons. The van der Waals surface area contributed by atoms with Crippen molar-refractivity contribution in [2.24, 2.45) is 11.7 Å². The van der Waals surface area contributed by atoms with E-state index < -0.39 is 0 Å². The Labute approximate surface area is 124 Å². The summed E-state index contributed by atoms with van der Waals surface area (Å²) in [4.78, 5) is 27.8. The van der Waals surface area contributed by atoms with Gasteiger partial charge in [0.1, 0.15) is 0 Å². The number of thiophene rings is 1. The maximum absolute atomic E-state index is 12.6. The lowest BCUT2D eigenvalue weighted by molar-refractivity contribution is -0.123. The van der Waals surface area contributed by atoms with Crippen molar-refractivity contribution in [1.29, 1.82) is 0 Å². The number of carbonyl (C=O) groups is 2. The van der Waals surface area contributed by atoms with E-state index in [-0.39, 0.29) is 23.8 Å². The van der Waals surface area contributed by atoms with Gasteiger partial charge in [0.2, 0.25) is 5.91 Å². The van der Waals surface area contributed by atoms with Crippen LogP contribution in [-0.2, 0) is 11.2 Å². The van der Waals surface area contributed by atoms with E-state index in [2.05, 4.69) is 6.92 Å². The predicted octanol–water partition coefficient (Wildman–Crippen LogP) is 2.34. The van der Waals surface area contributed by atoms with Gasteiger partial charge in [-0.15, -0.1) is 11.3 Å². The van der Waals surface area contributed by atoms with E-state index in [9.17, 15) is 9.59 Å². The van der Waals surface area contributed by atoms with Crippen LogP contribution in [0, 0.1) is 12.8 Å². The van der Waals surface area contributed by atoms with E-state index in [0.717, 1.165) is 24.1 Å². The van der Waals surface area contributed by atoms with E-state index in [1.807, 2.05) is 24.8 Å². The molecule has 20 heavy (non-hydrogen) atoms. The third-order valence-electron chi connectivity index (χ3n) is 4.16. The number of hydrogen-bond acceptors (Lipinski definition) is 3. The highest BCUT2D eigenvalue weighted by Crippen LogP contribution is 2.28. The van der Waals surface area contributed by atoms with Crippen LogP contribution in [0.5, 0.6) is 0 Å². The lowest BCUT2D eigenvalue weighted by Gasteiger charge is -2.36. The van der Waals surface area contributed by atoms with Crippen LogP contribution in [0.4, 0.5) is 0 Å². The summed E-state index contributed by atoms with van der Waals surface area (Å²) < 4.78 is 0. The van der Waals surface area contributed by atoms with Gasteiger partial charge in [0.05, 0.1) is 10.8 Å². The van der Waals surface area contributed by atoms with Crippen molar-refractivity contribution < 1.29 is 9.59 Å². The maximum Gasteiger partial charge on any atom is 0.264 e. The van der Waals surface area contributed by atoms with Crippen LogP contribution in [0.2, 0.25) is 0 Å². The standard InChI is InChI=1S/C15H22N2O2S/c1-4-11-7-13(20-10(11)3)15(19)17-8-12(14(16)18)6-5-9(17)2/h7,9,12H,4-6,8H2,1-3H3,(H2,16,18)/t9-,12+/m0/s1. The second kappa shape index (κ2) is 5.95. The van der Waals surface area contributed by atoms with Gasteiger partial charge in [-0.05, 0) is 44.7 Å². The number of nitrogens with two attached hydrogens (primary N) is 1. The molecule has 0 unspecified atom stereocenters. The second-order valence-corrected chi connectivity index (χ2v) is 6.79. The second-order valence-electron chi connectivity index (χ2n) is 5.53. The minimum atomic E-state index is -0.300. The molecular formula is C15H22N2O2S. The van der Waals surface area contributed by atoms with Crippen LogP contribution in [0.25, 0.3) is 0 Å². The molecule has 0 saturated carbocycles. The van der Waals surface area contributed by atoms with Crippen LogP contribution in [0.1, 0.15) is 46.8 Å². The number of carbonyl (C=O) groups excluding carboxylic acids is 2. The molecule has 0 aliphatic carbocycles. The molecule has 2 heterocycles. The Kier molecular flexibility index (Phi) is 4.48. The van der Waals surface area contributed by atoms with Crippen LogP contribution < -0.4 is 5.73 Å². The first-order valence-electron chi connectivity index (χ1n) is 7.13. The summed E-state index contributed by atoms with van der Waals surface area (Å²) in [7, 11) is 0. The molecule has 2 N–H and O–H groups in total. The van der Waals surface area contributed by atoms with Crippen LogP contribution in [0.15, 0.2) is 6.07 Å². The van der Waals surface area contributed by atoms with Gasteiger partial charge in [-0.2, -0.15) is 0 Å². The number of nitrogens with zero attached hydrogens (tertiary/aromatic N) is 1. The fourth-order valence-electron chi connectivity index (χ4n) is 2.74. The zero-order chi connectivity index (χ0) is 14.9. The van der Waals surface area contributed by atoms with Crippen molar-refractivity contribution in [3.05, 3.63) is 21.4 Å². The van der Waals surface area contributed by atoms with Crippen molar-refractivity contribution in [1.82, 2.24) is 4.90 Å². The Morgan fingerprint density at radius 2 is 2.15 bits per heavy atom. The summed E-state index contributed by atoms with van der Waals surface area (Å²) in [5.41, 5.74) is 6.62. The molecule has 1 aromatic rings. The Balaban J connectivity index is 2.19. The normalized spacial score (nSPS) is 22.9. The average Bonchev–Trinajstić information content (AvgIpc) is 2.79. The molecule has 1 saturated heterocycles. The van der Waals surface area contributed by atoms with Gasteiger partial charge >= 0.3 is 0 Å². The summed E-state index contributed by atoms with van der Waals surface area (Å²) >= 11 is 1.54. The molecule has 1 aromatic heterocycles. The van der Waals surface area contributed by atoms with Crippen LogP contribution >= 0.6 is 11.3 Å². The number of hydrogen-bond donors (Lipinski definition) is 1. The smallest absolute Gasteiger partial charge is 0.264 e. The number of primary amides is 1. The van der Waals surface area contributed by atoms with Crippen LogP contribution in [0.3, 0.4) is 0 Å². The van der Waals surface area contributed by atoms with Gasteiger partial charge in [0, 0.05) is 17.5 Å². The monoisotopic (exact) mass is 294 g/mol. The van der Waals surface area contributed by atoms with Crippen molar-refractivity contribution in [3.63, 3.8) is 0 Å². The van der Waals surface area contributed by atoms with E-state index >= 15 is 0 Å². The summed E-state index contributed by atoms with van der Waals surface area (Å²) in [6.45, 7) is 6.63. The minimum absolute atomic E-state index is 0.0382. The first-order valence-corrected chi connectivity index (χ1v) is 7.95. The molecule has 2 rings (SSSR count). The molecule has 0 spiro atoms. The van der Waals surface area contributed by atoms with Gasteiger partial charge in [-0.1, -0.05) is 6.92 Å². The molecule has 1 aliphatic heterocycles.